The van der Waals surface area contributed by atoms with Gasteiger partial charge in [-0.2, -0.15) is 10.5 Å². The lowest BCUT2D eigenvalue weighted by molar-refractivity contribution is -0.122. The molecule has 55 heavy (non-hydrogen) atoms. The number of nitriles is 2. The number of hydrogen-bond acceptors (Lipinski definition) is 8. The van der Waals surface area contributed by atoms with Crippen LogP contribution in [0.1, 0.15) is 149 Å². The van der Waals surface area contributed by atoms with Crippen LogP contribution in [-0.2, 0) is 9.59 Å². The largest absolute Gasteiger partial charge is 0.493 e. The number of unbranched alkanes of at least 4 members (excludes halogenated alkanes) is 14. The third kappa shape index (κ3) is 17.6. The summed E-state index contributed by atoms with van der Waals surface area (Å²) < 4.78 is 23.0. The van der Waals surface area contributed by atoms with E-state index in [1.54, 1.807) is 38.5 Å². The molecule has 0 spiro atoms. The summed E-state index contributed by atoms with van der Waals surface area (Å²) in [6.07, 6.45) is 21.6. The average Bonchev–Trinajstić information content (AvgIpc) is 3.16. The Balaban J connectivity index is 1.49. The molecule has 2 rings (SSSR count). The first-order valence-electron chi connectivity index (χ1n) is 20.2. The van der Waals surface area contributed by atoms with Crippen LogP contribution in [0.5, 0.6) is 23.0 Å². The molecular formula is C47H66N2O6. The van der Waals surface area contributed by atoms with Gasteiger partial charge in [0.05, 0.1) is 38.6 Å². The van der Waals surface area contributed by atoms with Crippen molar-refractivity contribution in [3.63, 3.8) is 0 Å². The molecule has 8 heteroatoms. The molecule has 8 nitrogen and oxygen atoms in total. The normalized spacial score (nSPS) is 12.1. The number of carbonyl (C=O) groups is 2. The van der Waals surface area contributed by atoms with Gasteiger partial charge in [-0.3, -0.25) is 9.59 Å². The van der Waals surface area contributed by atoms with Crippen molar-refractivity contribution in [1.29, 1.82) is 10.5 Å². The van der Waals surface area contributed by atoms with Gasteiger partial charge in [0, 0.05) is 10.8 Å². The van der Waals surface area contributed by atoms with Crippen molar-refractivity contribution >= 4 is 23.7 Å². The third-order valence-corrected chi connectivity index (χ3v) is 9.39. The van der Waals surface area contributed by atoms with Crippen LogP contribution >= 0.6 is 0 Å². The number of rotatable bonds is 26. The fraction of sp³-hybridized carbons (Fsp3) is 0.574. The summed E-state index contributed by atoms with van der Waals surface area (Å²) in [6, 6.07) is 15.1. The van der Waals surface area contributed by atoms with Crippen LogP contribution in [0.2, 0.25) is 0 Å². The lowest BCUT2D eigenvalue weighted by Gasteiger charge is -2.15. The second kappa shape index (κ2) is 24.8. The molecule has 0 amide bonds. The van der Waals surface area contributed by atoms with Crippen molar-refractivity contribution in [1.82, 2.24) is 0 Å². The molecular weight excluding hydrogens is 689 g/mol. The smallest absolute Gasteiger partial charge is 0.178 e. The summed E-state index contributed by atoms with van der Waals surface area (Å²) in [6.45, 7) is 12.1. The number of nitrogens with zero attached hydrogens (tertiary/aromatic N) is 2. The Bertz CT molecular complexity index is 1520. The predicted octanol–water partition coefficient (Wildman–Crippen LogP) is 12.1. The Morgan fingerprint density at radius 1 is 0.509 bits per heavy atom. The highest BCUT2D eigenvalue weighted by Crippen LogP contribution is 2.32. The Morgan fingerprint density at radius 3 is 1.05 bits per heavy atom. The van der Waals surface area contributed by atoms with Gasteiger partial charge in [-0.1, -0.05) is 137 Å². The Kier molecular flexibility index (Phi) is 21.0. The lowest BCUT2D eigenvalue weighted by Crippen LogP contribution is -2.21. The Morgan fingerprint density at radius 2 is 0.800 bits per heavy atom. The lowest BCUT2D eigenvalue weighted by atomic mass is 9.86. The molecule has 300 valence electrons. The van der Waals surface area contributed by atoms with E-state index in [9.17, 15) is 20.1 Å². The summed E-state index contributed by atoms with van der Waals surface area (Å²) in [4.78, 5) is 25.1. The number of ketones is 2. The van der Waals surface area contributed by atoms with Crippen LogP contribution < -0.4 is 18.9 Å². The van der Waals surface area contributed by atoms with Gasteiger partial charge in [0.1, 0.15) is 12.1 Å². The van der Waals surface area contributed by atoms with Crippen LogP contribution in [0.3, 0.4) is 0 Å². The minimum absolute atomic E-state index is 0.132. The van der Waals surface area contributed by atoms with Crippen LogP contribution in [0, 0.1) is 33.5 Å². The molecule has 0 bridgehead atoms. The molecule has 0 heterocycles. The molecule has 0 unspecified atom stereocenters. The molecule has 0 aliphatic heterocycles. The van der Waals surface area contributed by atoms with Crippen LogP contribution in [-0.4, -0.2) is 39.0 Å². The number of Topliss-reactive ketones (excluding diaryl/α,β-unsaturated/α-hetero) is 2. The Hall–Kier alpha value is -4.56. The maximum Gasteiger partial charge on any atom is 0.178 e. The van der Waals surface area contributed by atoms with Crippen molar-refractivity contribution in [2.24, 2.45) is 10.8 Å². The van der Waals surface area contributed by atoms with Gasteiger partial charge in [-0.15, -0.1) is 0 Å². The summed E-state index contributed by atoms with van der Waals surface area (Å²) in [5.41, 5.74) is 0.492. The zero-order valence-corrected chi connectivity index (χ0v) is 35.0. The van der Waals surface area contributed by atoms with E-state index < -0.39 is 10.8 Å². The minimum atomic E-state index is -0.618. The fourth-order valence-corrected chi connectivity index (χ4v) is 6.09. The number of hydrogen-bond donors (Lipinski definition) is 0. The second-order valence-electron chi connectivity index (χ2n) is 16.3. The molecule has 0 radical (unpaired) electrons. The molecule has 0 atom stereocenters. The summed E-state index contributed by atoms with van der Waals surface area (Å²) >= 11 is 0. The first kappa shape index (κ1) is 46.6. The molecule has 0 saturated carbocycles. The summed E-state index contributed by atoms with van der Waals surface area (Å²) in [5.74, 6) is 2.16. The predicted molar refractivity (Wildman–Crippen MR) is 222 cm³/mol. The van der Waals surface area contributed by atoms with Gasteiger partial charge < -0.3 is 18.9 Å². The van der Waals surface area contributed by atoms with Crippen molar-refractivity contribution in [2.45, 2.75) is 138 Å². The van der Waals surface area contributed by atoms with Crippen molar-refractivity contribution in [3.8, 4) is 35.1 Å². The van der Waals surface area contributed by atoms with Gasteiger partial charge in [0.2, 0.25) is 0 Å². The fourth-order valence-electron chi connectivity index (χ4n) is 6.09. The zero-order chi connectivity index (χ0) is 40.7. The maximum atomic E-state index is 12.5. The average molecular weight is 755 g/mol. The minimum Gasteiger partial charge on any atom is -0.493 e. The second-order valence-corrected chi connectivity index (χ2v) is 16.3. The van der Waals surface area contributed by atoms with Crippen molar-refractivity contribution in [2.75, 3.05) is 27.4 Å². The van der Waals surface area contributed by atoms with E-state index in [1.165, 1.54) is 70.6 Å². The molecule has 0 N–H and O–H groups in total. The number of methoxy groups -OCH3 is 2. The SMILES string of the molecule is COc1cc(C=C(C#N)C(=O)C(C)(C)C)ccc1OCCCCCCCCCCCCCCCCCOc1ccc(C=C(C#N)C(=O)C(C)(C)C)cc1OC. The first-order valence-corrected chi connectivity index (χ1v) is 20.2. The molecule has 2 aromatic rings. The number of carbonyl (C=O) groups excluding carboxylic acids is 2. The molecule has 0 aromatic heterocycles. The van der Waals surface area contributed by atoms with Gasteiger partial charge in [0.15, 0.2) is 34.6 Å². The van der Waals surface area contributed by atoms with Gasteiger partial charge in [-0.05, 0) is 60.4 Å². The highest BCUT2D eigenvalue weighted by molar-refractivity contribution is 6.06. The number of ether oxygens (including phenoxy) is 4. The van der Waals surface area contributed by atoms with Crippen LogP contribution in [0.25, 0.3) is 12.2 Å². The molecule has 2 aromatic carbocycles. The highest BCUT2D eigenvalue weighted by Gasteiger charge is 2.26. The van der Waals surface area contributed by atoms with E-state index in [0.717, 1.165) is 36.8 Å². The summed E-state index contributed by atoms with van der Waals surface area (Å²) in [5, 5.41) is 19.0. The zero-order valence-electron chi connectivity index (χ0n) is 35.0. The van der Waals surface area contributed by atoms with Crippen LogP contribution in [0.4, 0.5) is 0 Å². The van der Waals surface area contributed by atoms with Gasteiger partial charge in [0.25, 0.3) is 0 Å². The molecule has 0 aliphatic carbocycles. The monoisotopic (exact) mass is 754 g/mol. The van der Waals surface area contributed by atoms with E-state index >= 15 is 0 Å². The van der Waals surface area contributed by atoms with Crippen LogP contribution in [0.15, 0.2) is 47.5 Å². The van der Waals surface area contributed by atoms with E-state index in [0.29, 0.717) is 36.2 Å². The van der Waals surface area contributed by atoms with E-state index in [-0.39, 0.29) is 22.7 Å². The van der Waals surface area contributed by atoms with Gasteiger partial charge in [-0.25, -0.2) is 0 Å². The maximum absolute atomic E-state index is 12.5. The Labute approximate surface area is 331 Å². The number of benzene rings is 2. The van der Waals surface area contributed by atoms with E-state index in [2.05, 4.69) is 0 Å². The first-order chi connectivity index (χ1) is 26.2. The van der Waals surface area contributed by atoms with Gasteiger partial charge >= 0.3 is 0 Å². The standard InChI is InChI=1S/C47H66N2O6/c1-46(2,3)44(50)38(34-48)30-36-24-26-40(42(32-36)52-7)54-28-22-20-18-16-14-12-10-9-11-13-15-17-19-21-23-29-55-41-27-25-37(33-43(41)53-8)31-39(35-49)45(51)47(4,5)6/h24-27,30-33H,9-23,28-29H2,1-8H3. The summed E-state index contributed by atoms with van der Waals surface area (Å²) in [7, 11) is 3.19. The van der Waals surface area contributed by atoms with Crippen molar-refractivity contribution < 1.29 is 28.5 Å². The van der Waals surface area contributed by atoms with Crippen molar-refractivity contribution in [3.05, 3.63) is 58.7 Å². The quantitative estimate of drug-likeness (QED) is 0.0529. The van der Waals surface area contributed by atoms with E-state index in [4.69, 9.17) is 18.9 Å². The highest BCUT2D eigenvalue weighted by atomic mass is 16.5. The number of allylic oxidation sites excluding steroid dienone is 2. The van der Waals surface area contributed by atoms with E-state index in [1.807, 2.05) is 77.9 Å². The molecule has 0 fully saturated rings. The molecule has 0 aliphatic rings. The third-order valence-electron chi connectivity index (χ3n) is 9.39. The molecule has 0 saturated heterocycles. The topological polar surface area (TPSA) is 119 Å².